The van der Waals surface area contributed by atoms with Gasteiger partial charge in [-0.25, -0.2) is 17.9 Å². The van der Waals surface area contributed by atoms with Gasteiger partial charge < -0.3 is 9.64 Å². The molecule has 0 aliphatic carbocycles. The fraction of sp³-hybridized carbons (Fsp3) is 0.364. The number of sulfonamides is 1. The molecule has 1 N–H and O–H groups in total. The lowest BCUT2D eigenvalue weighted by Gasteiger charge is -2.13. The van der Waals surface area contributed by atoms with E-state index in [-0.39, 0.29) is 11.5 Å². The van der Waals surface area contributed by atoms with E-state index in [9.17, 15) is 13.2 Å². The van der Waals surface area contributed by atoms with Crippen LogP contribution in [-0.4, -0.2) is 35.2 Å². The van der Waals surface area contributed by atoms with E-state index in [1.54, 1.807) is 19.1 Å². The molecule has 0 saturated carbocycles. The third-order valence-electron chi connectivity index (χ3n) is 2.16. The van der Waals surface area contributed by atoms with Crippen molar-refractivity contribution in [3.63, 3.8) is 0 Å². The first-order valence-electron chi connectivity index (χ1n) is 5.34. The van der Waals surface area contributed by atoms with Gasteiger partial charge in [0, 0.05) is 19.8 Å². The Bertz CT molecular complexity index is 508. The number of amides is 1. The highest BCUT2D eigenvalue weighted by molar-refractivity contribution is 7.90. The summed E-state index contributed by atoms with van der Waals surface area (Å²) in [6.07, 6.45) is -0.978. The summed E-state index contributed by atoms with van der Waals surface area (Å²) in [5.41, 5.74) is 0.866. The summed E-state index contributed by atoms with van der Waals surface area (Å²) in [5, 5.41) is 0. The number of anilines is 1. The monoisotopic (exact) mass is 272 g/mol. The van der Waals surface area contributed by atoms with E-state index in [4.69, 9.17) is 0 Å². The van der Waals surface area contributed by atoms with Gasteiger partial charge in [-0.15, -0.1) is 0 Å². The van der Waals surface area contributed by atoms with Gasteiger partial charge in [-0.1, -0.05) is 0 Å². The number of hydrogen-bond donors (Lipinski definition) is 1. The van der Waals surface area contributed by atoms with Crippen molar-refractivity contribution in [2.75, 3.05) is 25.6 Å². The molecule has 0 unspecified atom stereocenters. The van der Waals surface area contributed by atoms with Crippen LogP contribution in [0.1, 0.15) is 6.92 Å². The van der Waals surface area contributed by atoms with Crippen molar-refractivity contribution in [2.45, 2.75) is 11.8 Å². The number of benzene rings is 1. The molecule has 100 valence electrons. The quantitative estimate of drug-likeness (QED) is 0.891. The minimum Gasteiger partial charge on any atom is -0.449 e. The Balaban J connectivity index is 2.88. The average molecular weight is 272 g/mol. The number of hydrogen-bond acceptors (Lipinski definition) is 5. The largest absolute Gasteiger partial charge is 0.449 e. The molecule has 0 radical (unpaired) electrons. The molecule has 18 heavy (non-hydrogen) atoms. The van der Waals surface area contributed by atoms with Crippen molar-refractivity contribution < 1.29 is 17.9 Å². The third kappa shape index (κ3) is 3.63. The van der Waals surface area contributed by atoms with Crippen molar-refractivity contribution in [1.82, 2.24) is 4.72 Å². The Hall–Kier alpha value is -1.76. The Morgan fingerprint density at radius 2 is 1.83 bits per heavy atom. The Labute approximate surface area is 107 Å². The van der Waals surface area contributed by atoms with Crippen LogP contribution in [0, 0.1) is 0 Å². The molecule has 0 aromatic heterocycles. The smallest absolute Gasteiger partial charge is 0.421 e. The molecule has 0 fully saturated rings. The zero-order valence-electron chi connectivity index (χ0n) is 10.5. The molecule has 1 aromatic carbocycles. The summed E-state index contributed by atoms with van der Waals surface area (Å²) in [4.78, 5) is 12.9. The number of nitrogens with one attached hydrogen (secondary N) is 1. The Morgan fingerprint density at radius 3 is 2.28 bits per heavy atom. The molecular formula is C11H16N2O4S. The number of carbonyl (C=O) groups excluding carboxylic acids is 1. The van der Waals surface area contributed by atoms with E-state index in [1.165, 1.54) is 12.1 Å². The summed E-state index contributed by atoms with van der Waals surface area (Å²) < 4.78 is 29.9. The molecule has 6 nitrogen and oxygen atoms in total. The standard InChI is InChI=1S/C11H16N2O4S/c1-4-17-11(14)12-18(15,16)10-7-5-9(6-8-10)13(2)3/h5-8H,4H2,1-3H3,(H,12,14). The van der Waals surface area contributed by atoms with Gasteiger partial charge in [0.25, 0.3) is 10.0 Å². The molecule has 1 aromatic rings. The van der Waals surface area contributed by atoms with Crippen molar-refractivity contribution in [2.24, 2.45) is 0 Å². The minimum absolute atomic E-state index is 0.0150. The number of nitrogens with zero attached hydrogens (tertiary/aromatic N) is 1. The fourth-order valence-electron chi connectivity index (χ4n) is 1.25. The summed E-state index contributed by atoms with van der Waals surface area (Å²) in [6.45, 7) is 1.71. The number of rotatable bonds is 4. The van der Waals surface area contributed by atoms with Gasteiger partial charge in [-0.3, -0.25) is 0 Å². The zero-order valence-corrected chi connectivity index (χ0v) is 11.3. The molecule has 0 atom stereocenters. The van der Waals surface area contributed by atoms with Crippen LogP contribution in [0.4, 0.5) is 10.5 Å². The van der Waals surface area contributed by atoms with Gasteiger partial charge in [-0.2, -0.15) is 0 Å². The van der Waals surface area contributed by atoms with Crippen LogP contribution in [0.2, 0.25) is 0 Å². The van der Waals surface area contributed by atoms with Crippen molar-refractivity contribution in [3.8, 4) is 0 Å². The highest BCUT2D eigenvalue weighted by Crippen LogP contribution is 2.15. The molecule has 0 bridgehead atoms. The van der Waals surface area contributed by atoms with Crippen LogP contribution in [0.25, 0.3) is 0 Å². The highest BCUT2D eigenvalue weighted by atomic mass is 32.2. The van der Waals surface area contributed by atoms with Gasteiger partial charge >= 0.3 is 6.09 Å². The van der Waals surface area contributed by atoms with Crippen LogP contribution in [-0.2, 0) is 14.8 Å². The predicted molar refractivity (Wildman–Crippen MR) is 68.1 cm³/mol. The van der Waals surface area contributed by atoms with E-state index in [1.807, 2.05) is 23.7 Å². The topological polar surface area (TPSA) is 75.7 Å². The highest BCUT2D eigenvalue weighted by Gasteiger charge is 2.18. The Kier molecular flexibility index (Phi) is 4.55. The van der Waals surface area contributed by atoms with E-state index in [0.29, 0.717) is 0 Å². The first-order chi connectivity index (χ1) is 8.36. The first kappa shape index (κ1) is 14.3. The third-order valence-corrected chi connectivity index (χ3v) is 3.48. The molecule has 1 rings (SSSR count). The second-order valence-electron chi connectivity index (χ2n) is 3.71. The summed E-state index contributed by atoms with van der Waals surface area (Å²) >= 11 is 0. The minimum atomic E-state index is -3.87. The van der Waals surface area contributed by atoms with Crippen LogP contribution in [0.15, 0.2) is 29.2 Å². The SMILES string of the molecule is CCOC(=O)NS(=O)(=O)c1ccc(N(C)C)cc1. The lowest BCUT2D eigenvalue weighted by molar-refractivity contribution is 0.158. The van der Waals surface area contributed by atoms with Gasteiger partial charge in [0.15, 0.2) is 0 Å². The first-order valence-corrected chi connectivity index (χ1v) is 6.82. The summed E-state index contributed by atoms with van der Waals surface area (Å²) in [7, 11) is -0.172. The van der Waals surface area contributed by atoms with E-state index < -0.39 is 16.1 Å². The zero-order chi connectivity index (χ0) is 13.8. The van der Waals surface area contributed by atoms with Crippen LogP contribution in [0.5, 0.6) is 0 Å². The predicted octanol–water partition coefficient (Wildman–Crippen LogP) is 1.19. The molecule has 1 amide bonds. The molecule has 7 heteroatoms. The van der Waals surface area contributed by atoms with Gasteiger partial charge in [-0.05, 0) is 31.2 Å². The van der Waals surface area contributed by atoms with Gasteiger partial charge in [0.2, 0.25) is 0 Å². The molecular weight excluding hydrogens is 256 g/mol. The van der Waals surface area contributed by atoms with Crippen molar-refractivity contribution >= 4 is 21.8 Å². The van der Waals surface area contributed by atoms with Crippen LogP contribution < -0.4 is 9.62 Å². The van der Waals surface area contributed by atoms with Crippen LogP contribution >= 0.6 is 0 Å². The number of ether oxygens (including phenoxy) is 1. The molecule has 0 heterocycles. The average Bonchev–Trinajstić information content (AvgIpc) is 2.28. The molecule has 0 aliphatic rings. The summed E-state index contributed by atoms with van der Waals surface area (Å²) in [6, 6.07) is 6.16. The van der Waals surface area contributed by atoms with E-state index >= 15 is 0 Å². The maximum absolute atomic E-state index is 11.8. The lowest BCUT2D eigenvalue weighted by atomic mass is 10.3. The van der Waals surface area contributed by atoms with Crippen molar-refractivity contribution in [3.05, 3.63) is 24.3 Å². The maximum Gasteiger partial charge on any atom is 0.421 e. The normalized spacial score (nSPS) is 10.8. The van der Waals surface area contributed by atoms with Gasteiger partial charge in [0.05, 0.1) is 11.5 Å². The van der Waals surface area contributed by atoms with E-state index in [0.717, 1.165) is 5.69 Å². The molecule has 0 aliphatic heterocycles. The summed E-state index contributed by atoms with van der Waals surface area (Å²) in [5.74, 6) is 0. The second-order valence-corrected chi connectivity index (χ2v) is 5.40. The fourth-order valence-corrected chi connectivity index (χ4v) is 2.14. The van der Waals surface area contributed by atoms with E-state index in [2.05, 4.69) is 4.74 Å². The van der Waals surface area contributed by atoms with Crippen molar-refractivity contribution in [1.29, 1.82) is 0 Å². The second kappa shape index (κ2) is 5.72. The van der Waals surface area contributed by atoms with Crippen LogP contribution in [0.3, 0.4) is 0 Å². The number of carbonyl (C=O) groups is 1. The Morgan fingerprint density at radius 1 is 1.28 bits per heavy atom. The maximum atomic E-state index is 11.8. The molecule has 0 spiro atoms. The lowest BCUT2D eigenvalue weighted by Crippen LogP contribution is -2.31. The molecule has 0 saturated heterocycles. The van der Waals surface area contributed by atoms with Gasteiger partial charge in [0.1, 0.15) is 0 Å².